The lowest BCUT2D eigenvalue weighted by Gasteiger charge is -2.34. The molecule has 0 saturated carbocycles. The second kappa shape index (κ2) is 6.50. The van der Waals surface area contributed by atoms with Crippen molar-refractivity contribution in [1.82, 2.24) is 10.6 Å². The first-order chi connectivity index (χ1) is 9.68. The Labute approximate surface area is 130 Å². The van der Waals surface area contributed by atoms with Gasteiger partial charge in [0.05, 0.1) is 5.56 Å². The van der Waals surface area contributed by atoms with Gasteiger partial charge in [-0.3, -0.25) is 4.79 Å². The summed E-state index contributed by atoms with van der Waals surface area (Å²) in [5.41, 5.74) is 1.57. The number of furan rings is 1. The Kier molecular flexibility index (Phi) is 4.91. The highest BCUT2D eigenvalue weighted by Gasteiger charge is 2.27. The summed E-state index contributed by atoms with van der Waals surface area (Å²) in [6, 6.07) is 7.62. The highest BCUT2D eigenvalue weighted by molar-refractivity contribution is 6.05. The topological polar surface area (TPSA) is 54.3 Å². The van der Waals surface area contributed by atoms with Crippen LogP contribution in [-0.4, -0.2) is 25.5 Å². The van der Waals surface area contributed by atoms with E-state index in [0.29, 0.717) is 12.1 Å². The molecule has 1 aromatic heterocycles. The van der Waals surface area contributed by atoms with E-state index in [1.807, 2.05) is 24.3 Å². The average Bonchev–Trinajstić information content (AvgIpc) is 2.90. The first kappa shape index (κ1) is 15.9. The van der Waals surface area contributed by atoms with Crippen molar-refractivity contribution >= 4 is 29.3 Å². The second-order valence-corrected chi connectivity index (χ2v) is 5.89. The van der Waals surface area contributed by atoms with Gasteiger partial charge in [0.15, 0.2) is 0 Å². The maximum atomic E-state index is 12.3. The van der Waals surface area contributed by atoms with Crippen LogP contribution in [0.3, 0.4) is 0 Å². The third-order valence-corrected chi connectivity index (χ3v) is 4.21. The number of carbonyl (C=O) groups is 1. The standard InChI is InChI=1S/C16H20N2O2.ClH/c1-16(6-8-17-9-7-16)11-18-15(19)13-10-20-14-5-3-2-4-12(13)14;/h2-5,10,17H,6-9,11H2,1H3,(H,18,19);1H. The number of hydrogen-bond donors (Lipinski definition) is 2. The Morgan fingerprint density at radius 3 is 2.81 bits per heavy atom. The highest BCUT2D eigenvalue weighted by Crippen LogP contribution is 2.27. The Morgan fingerprint density at radius 2 is 2.05 bits per heavy atom. The molecule has 1 fully saturated rings. The highest BCUT2D eigenvalue weighted by atomic mass is 35.5. The summed E-state index contributed by atoms with van der Waals surface area (Å²) in [5, 5.41) is 7.29. The fraction of sp³-hybridized carbons (Fsp3) is 0.438. The van der Waals surface area contributed by atoms with Crippen molar-refractivity contribution in [2.75, 3.05) is 19.6 Å². The number of rotatable bonds is 3. The molecule has 3 rings (SSSR count). The van der Waals surface area contributed by atoms with E-state index in [1.165, 1.54) is 0 Å². The van der Waals surface area contributed by atoms with Crippen LogP contribution in [-0.2, 0) is 0 Å². The van der Waals surface area contributed by atoms with Gasteiger partial charge < -0.3 is 15.1 Å². The second-order valence-electron chi connectivity index (χ2n) is 5.89. The van der Waals surface area contributed by atoms with E-state index in [0.717, 1.165) is 36.9 Å². The van der Waals surface area contributed by atoms with Gasteiger partial charge in [-0.2, -0.15) is 0 Å². The lowest BCUT2D eigenvalue weighted by atomic mass is 9.81. The molecule has 1 aliphatic rings. The third-order valence-electron chi connectivity index (χ3n) is 4.21. The van der Waals surface area contributed by atoms with Crippen LogP contribution in [0, 0.1) is 5.41 Å². The van der Waals surface area contributed by atoms with Gasteiger partial charge in [-0.1, -0.05) is 25.1 Å². The summed E-state index contributed by atoms with van der Waals surface area (Å²) >= 11 is 0. The molecule has 2 aromatic rings. The lowest BCUT2D eigenvalue weighted by Crippen LogP contribution is -2.42. The molecule has 2 heterocycles. The Hall–Kier alpha value is -1.52. The van der Waals surface area contributed by atoms with Gasteiger partial charge in [0, 0.05) is 11.9 Å². The number of para-hydroxylation sites is 1. The smallest absolute Gasteiger partial charge is 0.255 e. The van der Waals surface area contributed by atoms with Gasteiger partial charge >= 0.3 is 0 Å². The van der Waals surface area contributed by atoms with Crippen molar-refractivity contribution in [2.45, 2.75) is 19.8 Å². The molecule has 0 atom stereocenters. The van der Waals surface area contributed by atoms with Crippen molar-refractivity contribution in [2.24, 2.45) is 5.41 Å². The zero-order chi connectivity index (χ0) is 14.0. The lowest BCUT2D eigenvalue weighted by molar-refractivity contribution is 0.0923. The van der Waals surface area contributed by atoms with Crippen molar-refractivity contribution < 1.29 is 9.21 Å². The van der Waals surface area contributed by atoms with Crippen LogP contribution in [0.2, 0.25) is 0 Å². The Balaban J connectivity index is 0.00000161. The van der Waals surface area contributed by atoms with Crippen LogP contribution in [0.4, 0.5) is 0 Å². The van der Waals surface area contributed by atoms with Gasteiger partial charge in [-0.15, -0.1) is 12.4 Å². The van der Waals surface area contributed by atoms with Crippen molar-refractivity contribution in [1.29, 1.82) is 0 Å². The summed E-state index contributed by atoms with van der Waals surface area (Å²) in [5.74, 6) is -0.0466. The van der Waals surface area contributed by atoms with Crippen molar-refractivity contribution in [3.8, 4) is 0 Å². The SMILES string of the molecule is CC1(CNC(=O)c2coc3ccccc23)CCNCC1.Cl. The third kappa shape index (κ3) is 3.39. The molecule has 1 aliphatic heterocycles. The number of amides is 1. The van der Waals surface area contributed by atoms with E-state index in [2.05, 4.69) is 17.6 Å². The molecule has 21 heavy (non-hydrogen) atoms. The van der Waals surface area contributed by atoms with Gasteiger partial charge in [-0.25, -0.2) is 0 Å². The van der Waals surface area contributed by atoms with E-state index in [1.54, 1.807) is 6.26 Å². The van der Waals surface area contributed by atoms with Gasteiger partial charge in [0.1, 0.15) is 11.8 Å². The molecule has 1 amide bonds. The molecule has 0 aliphatic carbocycles. The molecular formula is C16H21ClN2O2. The first-order valence-corrected chi connectivity index (χ1v) is 7.13. The van der Waals surface area contributed by atoms with Crippen LogP contribution in [0.25, 0.3) is 11.0 Å². The average molecular weight is 309 g/mol. The van der Waals surface area contributed by atoms with E-state index < -0.39 is 0 Å². The predicted molar refractivity (Wildman–Crippen MR) is 86.0 cm³/mol. The summed E-state index contributed by atoms with van der Waals surface area (Å²) < 4.78 is 5.42. The van der Waals surface area contributed by atoms with Crippen LogP contribution in [0.5, 0.6) is 0 Å². The number of nitrogens with one attached hydrogen (secondary N) is 2. The Bertz CT molecular complexity index is 618. The molecule has 2 N–H and O–H groups in total. The maximum Gasteiger partial charge on any atom is 0.255 e. The first-order valence-electron chi connectivity index (χ1n) is 7.13. The monoisotopic (exact) mass is 308 g/mol. The Morgan fingerprint density at radius 1 is 1.33 bits per heavy atom. The number of fused-ring (bicyclic) bond motifs is 1. The van der Waals surface area contributed by atoms with Crippen LogP contribution < -0.4 is 10.6 Å². The zero-order valence-corrected chi connectivity index (χ0v) is 13.0. The predicted octanol–water partition coefficient (Wildman–Crippen LogP) is 2.97. The van der Waals surface area contributed by atoms with Gasteiger partial charge in [0.25, 0.3) is 5.91 Å². The minimum atomic E-state index is -0.0466. The minimum Gasteiger partial charge on any atom is -0.463 e. The van der Waals surface area contributed by atoms with E-state index in [9.17, 15) is 4.79 Å². The maximum absolute atomic E-state index is 12.3. The molecular weight excluding hydrogens is 288 g/mol. The quantitative estimate of drug-likeness (QED) is 0.916. The summed E-state index contributed by atoms with van der Waals surface area (Å²) in [7, 11) is 0. The summed E-state index contributed by atoms with van der Waals surface area (Å²) in [6.07, 6.45) is 3.74. The van der Waals surface area contributed by atoms with Gasteiger partial charge in [0.2, 0.25) is 0 Å². The van der Waals surface area contributed by atoms with E-state index >= 15 is 0 Å². The van der Waals surface area contributed by atoms with Crippen LogP contribution in [0.1, 0.15) is 30.1 Å². The van der Waals surface area contributed by atoms with Crippen molar-refractivity contribution in [3.05, 3.63) is 36.1 Å². The molecule has 1 aromatic carbocycles. The minimum absolute atomic E-state index is 0. The zero-order valence-electron chi connectivity index (χ0n) is 12.1. The molecule has 0 bridgehead atoms. The van der Waals surface area contributed by atoms with Gasteiger partial charge in [-0.05, 0) is 37.4 Å². The fourth-order valence-electron chi connectivity index (χ4n) is 2.75. The van der Waals surface area contributed by atoms with E-state index in [-0.39, 0.29) is 23.7 Å². The number of hydrogen-bond acceptors (Lipinski definition) is 3. The molecule has 0 unspecified atom stereocenters. The molecule has 0 spiro atoms. The van der Waals surface area contributed by atoms with Crippen LogP contribution >= 0.6 is 12.4 Å². The van der Waals surface area contributed by atoms with E-state index in [4.69, 9.17) is 4.42 Å². The summed E-state index contributed by atoms with van der Waals surface area (Å²) in [6.45, 7) is 5.01. The normalized spacial score (nSPS) is 17.2. The number of carbonyl (C=O) groups excluding carboxylic acids is 1. The molecule has 4 nitrogen and oxygen atoms in total. The fourth-order valence-corrected chi connectivity index (χ4v) is 2.75. The molecule has 0 radical (unpaired) electrons. The summed E-state index contributed by atoms with van der Waals surface area (Å²) in [4.78, 5) is 12.3. The molecule has 5 heteroatoms. The number of benzene rings is 1. The number of halogens is 1. The van der Waals surface area contributed by atoms with Crippen LogP contribution in [0.15, 0.2) is 34.9 Å². The van der Waals surface area contributed by atoms with Crippen molar-refractivity contribution in [3.63, 3.8) is 0 Å². The largest absolute Gasteiger partial charge is 0.463 e. The molecule has 114 valence electrons. The molecule has 1 saturated heterocycles. The number of piperidine rings is 1.